The Morgan fingerprint density at radius 3 is 1.79 bits per heavy atom. The van der Waals surface area contributed by atoms with E-state index in [9.17, 15) is 14.7 Å². The van der Waals surface area contributed by atoms with Gasteiger partial charge in [0.15, 0.2) is 5.82 Å². The van der Waals surface area contributed by atoms with Gasteiger partial charge in [0, 0.05) is 49.8 Å². The molecule has 0 unspecified atom stereocenters. The average molecular weight is 525 g/mol. The van der Waals surface area contributed by atoms with Crippen LogP contribution in [0.15, 0.2) is 78.9 Å². The van der Waals surface area contributed by atoms with Crippen LogP contribution in [0.5, 0.6) is 5.75 Å². The van der Waals surface area contributed by atoms with Crippen LogP contribution >= 0.6 is 0 Å². The van der Waals surface area contributed by atoms with Crippen LogP contribution in [0.3, 0.4) is 0 Å². The first-order valence-corrected chi connectivity index (χ1v) is 12.7. The van der Waals surface area contributed by atoms with Crippen molar-refractivity contribution in [1.82, 2.24) is 20.6 Å². The molecule has 0 spiro atoms. The Morgan fingerprint density at radius 2 is 1.23 bits per heavy atom. The molecule has 0 radical (unpaired) electrons. The van der Waals surface area contributed by atoms with E-state index in [2.05, 4.69) is 21.3 Å². The van der Waals surface area contributed by atoms with Crippen molar-refractivity contribution in [3.8, 4) is 28.3 Å². The van der Waals surface area contributed by atoms with Crippen molar-refractivity contribution in [2.24, 2.45) is 0 Å². The second-order valence-electron chi connectivity index (χ2n) is 8.95. The third-order valence-electron chi connectivity index (χ3n) is 6.02. The quantitative estimate of drug-likeness (QED) is 0.186. The minimum absolute atomic E-state index is 0.0844. The molecule has 2 amide bonds. The van der Waals surface area contributed by atoms with E-state index in [1.54, 1.807) is 24.3 Å². The summed E-state index contributed by atoms with van der Waals surface area (Å²) >= 11 is 0. The van der Waals surface area contributed by atoms with Gasteiger partial charge in [-0.2, -0.15) is 0 Å². The van der Waals surface area contributed by atoms with Crippen LogP contribution in [0, 0.1) is 6.92 Å². The number of amides is 2. The lowest BCUT2D eigenvalue weighted by Gasteiger charge is -2.16. The number of benzene rings is 3. The van der Waals surface area contributed by atoms with E-state index in [-0.39, 0.29) is 17.6 Å². The Hall–Kier alpha value is -4.92. The highest BCUT2D eigenvalue weighted by molar-refractivity contribution is 5.94. The molecule has 0 saturated heterocycles. The van der Waals surface area contributed by atoms with E-state index < -0.39 is 0 Å². The minimum Gasteiger partial charge on any atom is -0.508 e. The molecule has 5 N–H and O–H groups in total. The van der Waals surface area contributed by atoms with E-state index in [1.807, 2.05) is 61.5 Å². The summed E-state index contributed by atoms with van der Waals surface area (Å²) in [6.07, 6.45) is 0. The van der Waals surface area contributed by atoms with Crippen LogP contribution in [0.4, 0.5) is 11.6 Å². The number of anilines is 2. The highest BCUT2D eigenvalue weighted by Crippen LogP contribution is 2.25. The SMILES string of the molecule is CC(=O)NCCNc1nc(-c2ccccc2)nc(NCCNC(=O)c2ccc(-c3ccc(O)cc3)cc2)c1C. The number of nitrogens with zero attached hydrogens (tertiary/aromatic N) is 2. The van der Waals surface area contributed by atoms with Crippen LogP contribution in [0.1, 0.15) is 22.8 Å². The van der Waals surface area contributed by atoms with Crippen LogP contribution in [-0.2, 0) is 4.79 Å². The number of hydrogen-bond donors (Lipinski definition) is 5. The fraction of sp³-hybridized carbons (Fsp3) is 0.200. The second kappa shape index (κ2) is 13.0. The molecule has 0 fully saturated rings. The zero-order valence-electron chi connectivity index (χ0n) is 22.0. The standard InChI is InChI=1S/C30H32N6O3/c1-20-27(32-17-16-31-21(2)37)35-29(24-6-4-3-5-7-24)36-28(20)33-18-19-34-30(39)25-10-8-22(9-11-25)23-12-14-26(38)15-13-23/h3-15,38H,16-19H2,1-2H3,(H,31,37)(H,34,39)(H2,32,33,35,36). The largest absolute Gasteiger partial charge is 0.508 e. The highest BCUT2D eigenvalue weighted by Gasteiger charge is 2.13. The summed E-state index contributed by atoms with van der Waals surface area (Å²) in [4.78, 5) is 33.2. The summed E-state index contributed by atoms with van der Waals surface area (Å²) < 4.78 is 0. The lowest BCUT2D eigenvalue weighted by Crippen LogP contribution is -2.29. The van der Waals surface area contributed by atoms with Gasteiger partial charge in [-0.1, -0.05) is 54.6 Å². The molecule has 4 aromatic rings. The molecule has 200 valence electrons. The van der Waals surface area contributed by atoms with Crippen molar-refractivity contribution in [3.05, 3.63) is 90.0 Å². The van der Waals surface area contributed by atoms with Crippen LogP contribution < -0.4 is 21.3 Å². The summed E-state index contributed by atoms with van der Waals surface area (Å²) in [7, 11) is 0. The van der Waals surface area contributed by atoms with Crippen LogP contribution in [0.2, 0.25) is 0 Å². The van der Waals surface area contributed by atoms with Gasteiger partial charge in [-0.25, -0.2) is 9.97 Å². The number of carbonyl (C=O) groups is 2. The average Bonchev–Trinajstić information content (AvgIpc) is 2.95. The third kappa shape index (κ3) is 7.54. The van der Waals surface area contributed by atoms with E-state index in [0.29, 0.717) is 49.2 Å². The number of aromatic nitrogens is 2. The van der Waals surface area contributed by atoms with E-state index in [1.165, 1.54) is 6.92 Å². The van der Waals surface area contributed by atoms with Crippen molar-refractivity contribution < 1.29 is 14.7 Å². The molecule has 0 atom stereocenters. The van der Waals surface area contributed by atoms with Gasteiger partial charge in [-0.05, 0) is 42.3 Å². The topological polar surface area (TPSA) is 128 Å². The lowest BCUT2D eigenvalue weighted by molar-refractivity contribution is -0.118. The Bertz CT molecular complexity index is 1410. The molecule has 3 aromatic carbocycles. The van der Waals surface area contributed by atoms with Gasteiger partial charge in [-0.15, -0.1) is 0 Å². The van der Waals surface area contributed by atoms with Crippen molar-refractivity contribution in [2.75, 3.05) is 36.8 Å². The Balaban J connectivity index is 1.37. The maximum absolute atomic E-state index is 12.7. The molecule has 0 aliphatic rings. The molecular formula is C30H32N6O3. The van der Waals surface area contributed by atoms with Gasteiger partial charge >= 0.3 is 0 Å². The van der Waals surface area contributed by atoms with Gasteiger partial charge in [0.25, 0.3) is 5.91 Å². The first-order valence-electron chi connectivity index (χ1n) is 12.7. The maximum atomic E-state index is 12.7. The number of hydrogen-bond acceptors (Lipinski definition) is 7. The predicted octanol–water partition coefficient (Wildman–Crippen LogP) is 4.21. The number of rotatable bonds is 11. The zero-order valence-corrected chi connectivity index (χ0v) is 22.0. The second-order valence-corrected chi connectivity index (χ2v) is 8.95. The fourth-order valence-electron chi connectivity index (χ4n) is 3.92. The number of aromatic hydroxyl groups is 1. The molecule has 9 nitrogen and oxygen atoms in total. The Kier molecular flexibility index (Phi) is 9.07. The summed E-state index contributed by atoms with van der Waals surface area (Å²) in [5.41, 5.74) is 4.21. The highest BCUT2D eigenvalue weighted by atomic mass is 16.3. The maximum Gasteiger partial charge on any atom is 0.251 e. The van der Waals surface area contributed by atoms with Gasteiger partial charge < -0.3 is 26.4 Å². The smallest absolute Gasteiger partial charge is 0.251 e. The number of nitrogens with one attached hydrogen (secondary N) is 4. The summed E-state index contributed by atoms with van der Waals surface area (Å²) in [5, 5.41) is 21.8. The van der Waals surface area contributed by atoms with E-state index in [4.69, 9.17) is 9.97 Å². The Labute approximate surface area is 227 Å². The van der Waals surface area contributed by atoms with Gasteiger partial charge in [0.1, 0.15) is 17.4 Å². The van der Waals surface area contributed by atoms with E-state index >= 15 is 0 Å². The minimum atomic E-state index is -0.168. The molecule has 0 aliphatic carbocycles. The molecule has 9 heteroatoms. The third-order valence-corrected chi connectivity index (χ3v) is 6.02. The first-order chi connectivity index (χ1) is 18.9. The van der Waals surface area contributed by atoms with Gasteiger partial charge in [0.05, 0.1) is 0 Å². The normalized spacial score (nSPS) is 10.5. The first kappa shape index (κ1) is 27.1. The van der Waals surface area contributed by atoms with Crippen molar-refractivity contribution in [1.29, 1.82) is 0 Å². The predicted molar refractivity (Wildman–Crippen MR) is 154 cm³/mol. The zero-order chi connectivity index (χ0) is 27.6. The Morgan fingerprint density at radius 1 is 0.692 bits per heavy atom. The number of phenols is 1. The van der Waals surface area contributed by atoms with Crippen molar-refractivity contribution in [3.63, 3.8) is 0 Å². The monoisotopic (exact) mass is 524 g/mol. The summed E-state index contributed by atoms with van der Waals surface area (Å²) in [6, 6.07) is 24.0. The van der Waals surface area contributed by atoms with Crippen LogP contribution in [0.25, 0.3) is 22.5 Å². The summed E-state index contributed by atoms with van der Waals surface area (Å²) in [5.74, 6) is 1.88. The molecule has 0 aliphatic heterocycles. The summed E-state index contributed by atoms with van der Waals surface area (Å²) in [6.45, 7) is 5.27. The molecule has 1 heterocycles. The molecule has 0 saturated carbocycles. The van der Waals surface area contributed by atoms with Crippen molar-refractivity contribution in [2.45, 2.75) is 13.8 Å². The number of carbonyl (C=O) groups excluding carboxylic acids is 2. The van der Waals surface area contributed by atoms with Gasteiger partial charge in [0.2, 0.25) is 5.91 Å². The van der Waals surface area contributed by atoms with E-state index in [0.717, 1.165) is 22.3 Å². The molecule has 0 bridgehead atoms. The van der Waals surface area contributed by atoms with Gasteiger partial charge in [-0.3, -0.25) is 9.59 Å². The van der Waals surface area contributed by atoms with Crippen LogP contribution in [-0.4, -0.2) is 53.1 Å². The molecule has 4 rings (SSSR count). The molecule has 39 heavy (non-hydrogen) atoms. The fourth-order valence-corrected chi connectivity index (χ4v) is 3.92. The molecular weight excluding hydrogens is 492 g/mol. The lowest BCUT2D eigenvalue weighted by atomic mass is 10.0. The number of phenolic OH excluding ortho intramolecular Hbond substituents is 1. The molecule has 1 aromatic heterocycles. The van der Waals surface area contributed by atoms with Crippen molar-refractivity contribution >= 4 is 23.5 Å².